The number of carbonyl (C=O) groups is 3. The van der Waals surface area contributed by atoms with Crippen molar-refractivity contribution < 1.29 is 32.3 Å². The van der Waals surface area contributed by atoms with Crippen molar-refractivity contribution in [2.75, 3.05) is 20.2 Å². The summed E-state index contributed by atoms with van der Waals surface area (Å²) in [4.78, 5) is 37.7. The molecule has 1 aliphatic heterocycles. The zero-order chi connectivity index (χ0) is 23.3. The molecule has 0 unspecified atom stereocenters. The van der Waals surface area contributed by atoms with Gasteiger partial charge in [-0.05, 0) is 53.5 Å². The lowest BCUT2D eigenvalue weighted by atomic mass is 9.97. The van der Waals surface area contributed by atoms with Gasteiger partial charge in [-0.2, -0.15) is 13.2 Å². The molecule has 0 radical (unpaired) electrons. The molecule has 0 saturated carbocycles. The van der Waals surface area contributed by atoms with Crippen LogP contribution in [-0.4, -0.2) is 42.9 Å². The third kappa shape index (κ3) is 5.75. The summed E-state index contributed by atoms with van der Waals surface area (Å²) in [7, 11) is 1.31. The summed E-state index contributed by atoms with van der Waals surface area (Å²) in [5, 5.41) is 2.48. The molecule has 6 nitrogen and oxygen atoms in total. The number of rotatable bonds is 5. The van der Waals surface area contributed by atoms with Crippen molar-refractivity contribution in [3.63, 3.8) is 0 Å². The number of ether oxygens (including phenoxy) is 1. The van der Waals surface area contributed by atoms with E-state index in [4.69, 9.17) is 4.74 Å². The molecule has 0 fully saturated rings. The molecule has 0 spiro atoms. The highest BCUT2D eigenvalue weighted by Gasteiger charge is 2.29. The lowest BCUT2D eigenvalue weighted by molar-refractivity contribution is -0.137. The van der Waals surface area contributed by atoms with E-state index in [9.17, 15) is 27.6 Å². The fourth-order valence-corrected chi connectivity index (χ4v) is 3.30. The second-order valence-electron chi connectivity index (χ2n) is 7.21. The molecule has 1 heterocycles. The molecular formula is C23H21F3N2O4. The van der Waals surface area contributed by atoms with Gasteiger partial charge in [0.25, 0.3) is 0 Å². The van der Waals surface area contributed by atoms with E-state index < -0.39 is 23.6 Å². The molecule has 1 N–H and O–H groups in total. The fraction of sp³-hybridized carbons (Fsp3) is 0.261. The number of hydrogen-bond acceptors (Lipinski definition) is 4. The molecule has 2 aromatic rings. The van der Waals surface area contributed by atoms with Crippen LogP contribution >= 0.6 is 0 Å². The monoisotopic (exact) mass is 446 g/mol. The van der Waals surface area contributed by atoms with E-state index in [1.165, 1.54) is 25.3 Å². The van der Waals surface area contributed by atoms with E-state index in [-0.39, 0.29) is 12.5 Å². The summed E-state index contributed by atoms with van der Waals surface area (Å²) in [6.07, 6.45) is -1.31. The van der Waals surface area contributed by atoms with Gasteiger partial charge in [-0.15, -0.1) is 0 Å². The molecule has 0 saturated heterocycles. The summed E-state index contributed by atoms with van der Waals surface area (Å²) in [6.45, 7) is 0.617. The van der Waals surface area contributed by atoms with Crippen molar-refractivity contribution in [2.24, 2.45) is 0 Å². The van der Waals surface area contributed by atoms with E-state index in [1.807, 2.05) is 0 Å². The highest BCUT2D eigenvalue weighted by atomic mass is 19.4. The van der Waals surface area contributed by atoms with E-state index in [1.54, 1.807) is 23.1 Å². The first kappa shape index (κ1) is 23.1. The first-order valence-corrected chi connectivity index (χ1v) is 9.78. The summed E-state index contributed by atoms with van der Waals surface area (Å²) in [5.74, 6) is -1.21. The Hall–Kier alpha value is -3.62. The van der Waals surface area contributed by atoms with Gasteiger partial charge < -0.3 is 15.0 Å². The van der Waals surface area contributed by atoms with E-state index in [0.717, 1.165) is 29.3 Å². The van der Waals surface area contributed by atoms with Crippen molar-refractivity contribution in [2.45, 2.75) is 19.1 Å². The SMILES string of the molecule is COC(=O)c1ccc2c(c1)CCN(C(=O)CNC(=O)/C=C/c1ccc(C(F)(F)F)cc1)C2. The van der Waals surface area contributed by atoms with Crippen molar-refractivity contribution in [1.29, 1.82) is 0 Å². The van der Waals surface area contributed by atoms with Gasteiger partial charge in [0.2, 0.25) is 11.8 Å². The van der Waals surface area contributed by atoms with E-state index >= 15 is 0 Å². The third-order valence-electron chi connectivity index (χ3n) is 5.07. The number of hydrogen-bond donors (Lipinski definition) is 1. The predicted octanol–water partition coefficient (Wildman–Crippen LogP) is 3.21. The molecule has 9 heteroatoms. The molecule has 0 atom stereocenters. The third-order valence-corrected chi connectivity index (χ3v) is 5.07. The molecule has 0 bridgehead atoms. The number of methoxy groups -OCH3 is 1. The van der Waals surface area contributed by atoms with Gasteiger partial charge in [-0.1, -0.05) is 18.2 Å². The number of esters is 1. The number of halogens is 3. The highest BCUT2D eigenvalue weighted by Crippen LogP contribution is 2.29. The molecule has 3 rings (SSSR count). The molecule has 32 heavy (non-hydrogen) atoms. The number of carbonyl (C=O) groups excluding carboxylic acids is 3. The predicted molar refractivity (Wildman–Crippen MR) is 110 cm³/mol. The normalized spacial score (nSPS) is 13.6. The van der Waals surface area contributed by atoms with Crippen LogP contribution in [0.4, 0.5) is 13.2 Å². The van der Waals surface area contributed by atoms with Crippen LogP contribution in [0, 0.1) is 0 Å². The van der Waals surface area contributed by atoms with Crippen LogP contribution in [0.3, 0.4) is 0 Å². The maximum Gasteiger partial charge on any atom is 0.416 e. The Morgan fingerprint density at radius 1 is 1.09 bits per heavy atom. The Morgan fingerprint density at radius 2 is 1.81 bits per heavy atom. The Bertz CT molecular complexity index is 1050. The zero-order valence-electron chi connectivity index (χ0n) is 17.2. The van der Waals surface area contributed by atoms with Crippen LogP contribution in [0.2, 0.25) is 0 Å². The van der Waals surface area contributed by atoms with Gasteiger partial charge in [0, 0.05) is 19.2 Å². The number of benzene rings is 2. The minimum absolute atomic E-state index is 0.203. The Morgan fingerprint density at radius 3 is 2.47 bits per heavy atom. The second kappa shape index (κ2) is 9.67. The standard InChI is InChI=1S/C23H21F3N2O4/c1-32-22(31)17-5-6-18-14-28(11-10-16(18)12-17)21(30)13-27-20(29)9-4-15-2-7-19(8-3-15)23(24,25)26/h2-9,12H,10-11,13-14H2,1H3,(H,27,29)/b9-4+. The van der Waals surface area contributed by atoms with E-state index in [2.05, 4.69) is 5.32 Å². The molecule has 0 aromatic heterocycles. The van der Waals surface area contributed by atoms with Crippen LogP contribution in [0.15, 0.2) is 48.5 Å². The summed E-state index contributed by atoms with van der Waals surface area (Å²) in [5.41, 5.74) is 2.01. The molecule has 168 valence electrons. The molecule has 0 aliphatic carbocycles. The first-order valence-electron chi connectivity index (χ1n) is 9.78. The average molecular weight is 446 g/mol. The molecule has 2 aromatic carbocycles. The van der Waals surface area contributed by atoms with Crippen LogP contribution in [0.25, 0.3) is 6.08 Å². The van der Waals surface area contributed by atoms with Crippen LogP contribution < -0.4 is 5.32 Å². The van der Waals surface area contributed by atoms with Gasteiger partial charge in [0.15, 0.2) is 0 Å². The maximum absolute atomic E-state index is 12.6. The number of amides is 2. The molecule has 1 aliphatic rings. The van der Waals surface area contributed by atoms with Gasteiger partial charge in [-0.3, -0.25) is 9.59 Å². The van der Waals surface area contributed by atoms with Crippen molar-refractivity contribution >= 4 is 23.9 Å². The number of nitrogens with one attached hydrogen (secondary N) is 1. The van der Waals surface area contributed by atoms with Crippen LogP contribution in [-0.2, 0) is 33.5 Å². The lowest BCUT2D eigenvalue weighted by Crippen LogP contribution is -2.42. The Balaban J connectivity index is 1.51. The number of nitrogens with zero attached hydrogens (tertiary/aromatic N) is 1. The smallest absolute Gasteiger partial charge is 0.416 e. The Labute approximate surface area is 182 Å². The highest BCUT2D eigenvalue weighted by molar-refractivity contribution is 5.94. The summed E-state index contributed by atoms with van der Waals surface area (Å²) >= 11 is 0. The quantitative estimate of drug-likeness (QED) is 0.566. The number of fused-ring (bicyclic) bond motifs is 1. The van der Waals surface area contributed by atoms with Crippen LogP contribution in [0.5, 0.6) is 0 Å². The lowest BCUT2D eigenvalue weighted by Gasteiger charge is -2.29. The van der Waals surface area contributed by atoms with Gasteiger partial charge >= 0.3 is 12.1 Å². The largest absolute Gasteiger partial charge is 0.465 e. The minimum Gasteiger partial charge on any atom is -0.465 e. The van der Waals surface area contributed by atoms with Crippen molar-refractivity contribution in [3.05, 3.63) is 76.4 Å². The zero-order valence-corrected chi connectivity index (χ0v) is 17.2. The maximum atomic E-state index is 12.6. The van der Waals surface area contributed by atoms with Crippen molar-refractivity contribution in [1.82, 2.24) is 10.2 Å². The van der Waals surface area contributed by atoms with Gasteiger partial charge in [0.05, 0.1) is 24.8 Å². The number of alkyl halides is 3. The average Bonchev–Trinajstić information content (AvgIpc) is 2.79. The Kier molecular flexibility index (Phi) is 6.97. The topological polar surface area (TPSA) is 75.7 Å². The van der Waals surface area contributed by atoms with Crippen molar-refractivity contribution in [3.8, 4) is 0 Å². The second-order valence-corrected chi connectivity index (χ2v) is 7.21. The van der Waals surface area contributed by atoms with Gasteiger partial charge in [-0.25, -0.2) is 4.79 Å². The molecule has 2 amide bonds. The van der Waals surface area contributed by atoms with Gasteiger partial charge in [0.1, 0.15) is 0 Å². The first-order chi connectivity index (χ1) is 15.2. The van der Waals surface area contributed by atoms with E-state index in [0.29, 0.717) is 30.6 Å². The molecular weight excluding hydrogens is 425 g/mol. The summed E-state index contributed by atoms with van der Waals surface area (Å²) < 4.78 is 42.4. The minimum atomic E-state index is -4.42. The fourth-order valence-electron chi connectivity index (χ4n) is 3.30. The summed E-state index contributed by atoms with van der Waals surface area (Å²) in [6, 6.07) is 9.58. The van der Waals surface area contributed by atoms with Crippen LogP contribution in [0.1, 0.15) is 32.6 Å².